The molecule has 0 aliphatic heterocycles. The van der Waals surface area contributed by atoms with E-state index in [1.54, 1.807) is 40.4 Å². The number of amides is 1. The van der Waals surface area contributed by atoms with Gasteiger partial charge in [0, 0.05) is 13.1 Å². The maximum atomic E-state index is 13.0. The maximum Gasteiger partial charge on any atom is 0.252 e. The van der Waals surface area contributed by atoms with Crippen molar-refractivity contribution in [1.29, 1.82) is 0 Å². The number of thiophene rings is 1. The minimum absolute atomic E-state index is 0.208. The second kappa shape index (κ2) is 7.28. The largest absolute Gasteiger partial charge is 0.348 e. The molecule has 0 spiro atoms. The first-order valence-electron chi connectivity index (χ1n) is 8.59. The van der Waals surface area contributed by atoms with Gasteiger partial charge in [-0.05, 0) is 42.1 Å². The fraction of sp³-hybridized carbons (Fsp3) is 0.150. The summed E-state index contributed by atoms with van der Waals surface area (Å²) < 4.78 is 14.8. The molecule has 0 unspecified atom stereocenters. The number of nitrogens with zero attached hydrogens (tertiary/aromatic N) is 3. The summed E-state index contributed by atoms with van der Waals surface area (Å²) in [5.74, 6) is -0.506. The van der Waals surface area contributed by atoms with Crippen LogP contribution in [0.4, 0.5) is 4.39 Å². The summed E-state index contributed by atoms with van der Waals surface area (Å²) in [6, 6.07) is 11.8. The molecular weight excluding hydrogens is 363 g/mol. The molecule has 0 atom stereocenters. The lowest BCUT2D eigenvalue weighted by Crippen LogP contribution is -2.23. The van der Waals surface area contributed by atoms with Crippen LogP contribution in [0.5, 0.6) is 0 Å². The zero-order chi connectivity index (χ0) is 18.8. The first-order valence-corrected chi connectivity index (χ1v) is 9.46. The van der Waals surface area contributed by atoms with E-state index < -0.39 is 0 Å². The molecule has 5 nitrogen and oxygen atoms in total. The molecule has 0 fully saturated rings. The van der Waals surface area contributed by atoms with E-state index in [9.17, 15) is 9.18 Å². The highest BCUT2D eigenvalue weighted by Gasteiger charge is 2.17. The van der Waals surface area contributed by atoms with E-state index in [-0.39, 0.29) is 11.7 Å². The molecule has 1 N–H and O–H groups in total. The van der Waals surface area contributed by atoms with Gasteiger partial charge in [0.2, 0.25) is 0 Å². The number of hydrogen-bond acceptors (Lipinski definition) is 4. The van der Waals surface area contributed by atoms with E-state index in [0.717, 1.165) is 16.1 Å². The van der Waals surface area contributed by atoms with Gasteiger partial charge in [-0.2, -0.15) is 5.10 Å². The van der Waals surface area contributed by atoms with Crippen LogP contribution in [0.2, 0.25) is 0 Å². The third-order valence-corrected chi connectivity index (χ3v) is 5.19. The van der Waals surface area contributed by atoms with Crippen molar-refractivity contribution in [3.63, 3.8) is 0 Å². The molecule has 0 saturated carbocycles. The van der Waals surface area contributed by atoms with Crippen molar-refractivity contribution in [2.24, 2.45) is 0 Å². The van der Waals surface area contributed by atoms with Crippen LogP contribution in [0, 0.1) is 5.82 Å². The molecule has 1 aromatic carbocycles. The summed E-state index contributed by atoms with van der Waals surface area (Å²) in [7, 11) is 0. The Balaban J connectivity index is 1.69. The van der Waals surface area contributed by atoms with Crippen molar-refractivity contribution >= 4 is 28.3 Å². The molecular formula is C20H17FN4OS. The monoisotopic (exact) mass is 380 g/mol. The lowest BCUT2D eigenvalue weighted by Gasteiger charge is -2.09. The third kappa shape index (κ3) is 3.46. The highest BCUT2D eigenvalue weighted by molar-refractivity contribution is 7.13. The zero-order valence-corrected chi connectivity index (χ0v) is 15.5. The second-order valence-corrected chi connectivity index (χ2v) is 6.99. The van der Waals surface area contributed by atoms with E-state index in [0.29, 0.717) is 29.7 Å². The molecule has 0 aliphatic rings. The summed E-state index contributed by atoms with van der Waals surface area (Å²) in [6.45, 7) is 2.97. The SMILES string of the molecule is CCn1ncc2c(C(=O)NCc3ccc(F)cc3)cc(-c3cccs3)nc21. The molecule has 0 radical (unpaired) electrons. The molecule has 27 heavy (non-hydrogen) atoms. The second-order valence-electron chi connectivity index (χ2n) is 6.04. The van der Waals surface area contributed by atoms with Gasteiger partial charge >= 0.3 is 0 Å². The lowest BCUT2D eigenvalue weighted by atomic mass is 10.1. The number of pyridine rings is 1. The van der Waals surface area contributed by atoms with Crippen LogP contribution in [-0.2, 0) is 13.1 Å². The number of aromatic nitrogens is 3. The van der Waals surface area contributed by atoms with E-state index in [2.05, 4.69) is 10.4 Å². The summed E-state index contributed by atoms with van der Waals surface area (Å²) in [4.78, 5) is 18.6. The Hall–Kier alpha value is -3.06. The highest BCUT2D eigenvalue weighted by Crippen LogP contribution is 2.28. The summed E-state index contributed by atoms with van der Waals surface area (Å²) >= 11 is 1.57. The van der Waals surface area contributed by atoms with Crippen LogP contribution in [0.25, 0.3) is 21.6 Å². The van der Waals surface area contributed by atoms with Crippen molar-refractivity contribution in [3.8, 4) is 10.6 Å². The number of nitrogens with one attached hydrogen (secondary N) is 1. The number of fused-ring (bicyclic) bond motifs is 1. The molecule has 0 bridgehead atoms. The van der Waals surface area contributed by atoms with E-state index >= 15 is 0 Å². The fourth-order valence-electron chi connectivity index (χ4n) is 2.90. The molecule has 136 valence electrons. The molecule has 3 heterocycles. The predicted molar refractivity (Wildman–Crippen MR) is 104 cm³/mol. The van der Waals surface area contributed by atoms with Crippen LogP contribution < -0.4 is 5.32 Å². The first kappa shape index (κ1) is 17.4. The standard InChI is InChI=1S/C20H17FN4OS/c1-2-25-19-16(12-23-25)15(10-17(24-19)18-4-3-9-27-18)20(26)22-11-13-5-7-14(21)8-6-13/h3-10,12H,2,11H2,1H3,(H,22,26). The number of carbonyl (C=O) groups is 1. The molecule has 7 heteroatoms. The molecule has 3 aromatic heterocycles. The number of halogens is 1. The Morgan fingerprint density at radius 1 is 1.26 bits per heavy atom. The lowest BCUT2D eigenvalue weighted by molar-refractivity contribution is 0.0952. The Kier molecular flexibility index (Phi) is 4.68. The average Bonchev–Trinajstić information content (AvgIpc) is 3.36. The van der Waals surface area contributed by atoms with Crippen LogP contribution in [0.1, 0.15) is 22.8 Å². The number of aryl methyl sites for hydroxylation is 1. The Morgan fingerprint density at radius 2 is 2.07 bits per heavy atom. The summed E-state index contributed by atoms with van der Waals surface area (Å²) in [5, 5.41) is 9.94. The Labute approximate surface area is 159 Å². The van der Waals surface area contributed by atoms with Crippen molar-refractivity contribution < 1.29 is 9.18 Å². The normalized spacial score (nSPS) is 11.0. The van der Waals surface area contributed by atoms with Crippen LogP contribution in [0.15, 0.2) is 54.0 Å². The van der Waals surface area contributed by atoms with Gasteiger partial charge in [0.1, 0.15) is 5.82 Å². The van der Waals surface area contributed by atoms with Gasteiger partial charge in [-0.25, -0.2) is 14.1 Å². The molecule has 1 amide bonds. The Morgan fingerprint density at radius 3 is 2.78 bits per heavy atom. The number of carbonyl (C=O) groups excluding carboxylic acids is 1. The predicted octanol–water partition coefficient (Wildman–Crippen LogP) is 4.25. The van der Waals surface area contributed by atoms with Gasteiger partial charge in [-0.15, -0.1) is 11.3 Å². The summed E-state index contributed by atoms with van der Waals surface area (Å²) in [5.41, 5.74) is 2.80. The maximum absolute atomic E-state index is 13.0. The van der Waals surface area contributed by atoms with Crippen LogP contribution in [-0.4, -0.2) is 20.7 Å². The van der Waals surface area contributed by atoms with Gasteiger partial charge in [-0.1, -0.05) is 18.2 Å². The first-order chi connectivity index (χ1) is 13.2. The van der Waals surface area contributed by atoms with Crippen molar-refractivity contribution in [2.45, 2.75) is 20.0 Å². The van der Waals surface area contributed by atoms with Crippen LogP contribution >= 0.6 is 11.3 Å². The molecule has 0 saturated heterocycles. The van der Waals surface area contributed by atoms with Gasteiger partial charge < -0.3 is 5.32 Å². The number of rotatable bonds is 5. The van der Waals surface area contributed by atoms with Crippen molar-refractivity contribution in [2.75, 3.05) is 0 Å². The van der Waals surface area contributed by atoms with Gasteiger partial charge in [0.15, 0.2) is 5.65 Å². The molecule has 4 aromatic rings. The van der Waals surface area contributed by atoms with Gasteiger partial charge in [0.05, 0.1) is 27.7 Å². The quantitative estimate of drug-likeness (QED) is 0.563. The highest BCUT2D eigenvalue weighted by atomic mass is 32.1. The topological polar surface area (TPSA) is 59.8 Å². The van der Waals surface area contributed by atoms with Crippen molar-refractivity contribution in [1.82, 2.24) is 20.1 Å². The Bertz CT molecular complexity index is 1090. The minimum atomic E-state index is -0.298. The van der Waals surface area contributed by atoms with Crippen molar-refractivity contribution in [3.05, 3.63) is 71.0 Å². The summed E-state index contributed by atoms with van der Waals surface area (Å²) in [6.07, 6.45) is 1.68. The zero-order valence-electron chi connectivity index (χ0n) is 14.6. The van der Waals surface area contributed by atoms with Crippen LogP contribution in [0.3, 0.4) is 0 Å². The minimum Gasteiger partial charge on any atom is -0.348 e. The smallest absolute Gasteiger partial charge is 0.252 e. The van der Waals surface area contributed by atoms with E-state index in [4.69, 9.17) is 4.98 Å². The van der Waals surface area contributed by atoms with E-state index in [1.807, 2.05) is 24.4 Å². The molecule has 0 aliphatic carbocycles. The number of benzene rings is 1. The average molecular weight is 380 g/mol. The third-order valence-electron chi connectivity index (χ3n) is 4.29. The number of hydrogen-bond donors (Lipinski definition) is 1. The van der Waals surface area contributed by atoms with Gasteiger partial charge in [0.25, 0.3) is 5.91 Å². The van der Waals surface area contributed by atoms with Gasteiger partial charge in [-0.3, -0.25) is 4.79 Å². The van der Waals surface area contributed by atoms with E-state index in [1.165, 1.54) is 12.1 Å². The fourth-order valence-corrected chi connectivity index (χ4v) is 3.58. The molecule has 4 rings (SSSR count).